The first kappa shape index (κ1) is 15.4. The Morgan fingerprint density at radius 1 is 1.50 bits per heavy atom. The highest BCUT2D eigenvalue weighted by Gasteiger charge is 2.35. The molecule has 0 bridgehead atoms. The minimum atomic E-state index is -3.95. The highest BCUT2D eigenvalue weighted by molar-refractivity contribution is 9.10. The molecule has 1 N–H and O–H groups in total. The highest BCUT2D eigenvalue weighted by Crippen LogP contribution is 2.29. The molecule has 1 aliphatic heterocycles. The molecule has 1 aromatic carbocycles. The topological polar surface area (TPSA) is 98.5 Å². The molecule has 0 radical (unpaired) electrons. The van der Waals surface area contributed by atoms with Gasteiger partial charge < -0.3 is 4.74 Å². The fourth-order valence-electron chi connectivity index (χ4n) is 1.75. The van der Waals surface area contributed by atoms with Gasteiger partial charge in [-0.25, -0.2) is 13.1 Å². The van der Waals surface area contributed by atoms with Crippen molar-refractivity contribution in [2.24, 2.45) is 5.41 Å². The van der Waals surface area contributed by atoms with Crippen molar-refractivity contribution in [3.05, 3.63) is 32.8 Å². The zero-order valence-electron chi connectivity index (χ0n) is 10.6. The fraction of sp³-hybridized carbons (Fsp3) is 0.455. The van der Waals surface area contributed by atoms with E-state index in [0.29, 0.717) is 17.7 Å². The Kier molecular flexibility index (Phi) is 4.14. The molecule has 0 unspecified atom stereocenters. The molecule has 9 heteroatoms. The van der Waals surface area contributed by atoms with Gasteiger partial charge in [0, 0.05) is 22.5 Å². The van der Waals surface area contributed by atoms with Crippen molar-refractivity contribution in [2.45, 2.75) is 11.8 Å². The molecule has 1 saturated heterocycles. The Morgan fingerprint density at radius 2 is 2.15 bits per heavy atom. The number of nitrogens with zero attached hydrogens (tertiary/aromatic N) is 1. The smallest absolute Gasteiger partial charge is 0.289 e. The monoisotopic (exact) mass is 364 g/mol. The molecule has 1 fully saturated rings. The zero-order chi connectivity index (χ0) is 15.0. The second kappa shape index (κ2) is 5.40. The van der Waals surface area contributed by atoms with Crippen molar-refractivity contribution in [1.82, 2.24) is 4.72 Å². The summed E-state index contributed by atoms with van der Waals surface area (Å²) in [6.07, 6.45) is 0. The quantitative estimate of drug-likeness (QED) is 0.632. The molecular weight excluding hydrogens is 352 g/mol. The number of sulfonamides is 1. The molecule has 2 rings (SSSR count). The van der Waals surface area contributed by atoms with E-state index in [1.165, 1.54) is 12.1 Å². The number of nitrogens with one attached hydrogen (secondary N) is 1. The van der Waals surface area contributed by atoms with Crippen molar-refractivity contribution < 1.29 is 18.1 Å². The Labute approximate surface area is 124 Å². The molecule has 0 aromatic heterocycles. The van der Waals surface area contributed by atoms with Crippen molar-refractivity contribution in [3.8, 4) is 0 Å². The van der Waals surface area contributed by atoms with Gasteiger partial charge in [-0.1, -0.05) is 22.9 Å². The van der Waals surface area contributed by atoms with Crippen LogP contribution in [0.4, 0.5) is 5.69 Å². The van der Waals surface area contributed by atoms with Crippen LogP contribution in [0.3, 0.4) is 0 Å². The predicted molar refractivity (Wildman–Crippen MR) is 74.9 cm³/mol. The number of rotatable bonds is 5. The summed E-state index contributed by atoms with van der Waals surface area (Å²) in [5.74, 6) is 0. The molecule has 0 aliphatic carbocycles. The summed E-state index contributed by atoms with van der Waals surface area (Å²) in [6, 6.07) is 3.81. The molecule has 110 valence electrons. The van der Waals surface area contributed by atoms with Gasteiger partial charge in [-0.05, 0) is 12.1 Å². The summed E-state index contributed by atoms with van der Waals surface area (Å²) >= 11 is 3.12. The van der Waals surface area contributed by atoms with Crippen LogP contribution < -0.4 is 4.72 Å². The van der Waals surface area contributed by atoms with E-state index in [-0.39, 0.29) is 16.9 Å². The molecule has 0 atom stereocenters. The molecular formula is C11H13BrN2O5S. The SMILES string of the molecule is CC1(CNS(=O)(=O)c2cc(Br)ccc2[N+](=O)[O-])COC1. The van der Waals surface area contributed by atoms with E-state index in [9.17, 15) is 18.5 Å². The summed E-state index contributed by atoms with van der Waals surface area (Å²) in [7, 11) is -3.95. The van der Waals surface area contributed by atoms with Gasteiger partial charge in [-0.15, -0.1) is 0 Å². The molecule has 1 aromatic rings. The summed E-state index contributed by atoms with van der Waals surface area (Å²) in [4.78, 5) is 9.87. The molecule has 7 nitrogen and oxygen atoms in total. The predicted octanol–water partition coefficient (Wildman–Crippen LogP) is 1.67. The van der Waals surface area contributed by atoms with Crippen molar-refractivity contribution in [3.63, 3.8) is 0 Å². The van der Waals surface area contributed by atoms with Crippen LogP contribution in [0.25, 0.3) is 0 Å². The Balaban J connectivity index is 2.28. The van der Waals surface area contributed by atoms with Crippen molar-refractivity contribution in [1.29, 1.82) is 0 Å². The van der Waals surface area contributed by atoms with E-state index in [1.54, 1.807) is 0 Å². The van der Waals surface area contributed by atoms with Gasteiger partial charge >= 0.3 is 0 Å². The zero-order valence-corrected chi connectivity index (χ0v) is 13.0. The van der Waals surface area contributed by atoms with Crippen LogP contribution in [0.2, 0.25) is 0 Å². The number of benzene rings is 1. The van der Waals surface area contributed by atoms with E-state index in [4.69, 9.17) is 4.74 Å². The number of hydrogen-bond donors (Lipinski definition) is 1. The van der Waals surface area contributed by atoms with Crippen LogP contribution in [-0.2, 0) is 14.8 Å². The third-order valence-electron chi connectivity index (χ3n) is 3.00. The first-order chi connectivity index (χ1) is 9.23. The van der Waals surface area contributed by atoms with E-state index < -0.39 is 20.6 Å². The minimum Gasteiger partial charge on any atom is -0.380 e. The van der Waals surface area contributed by atoms with Gasteiger partial charge in [0.2, 0.25) is 10.0 Å². The lowest BCUT2D eigenvalue weighted by atomic mass is 9.89. The maximum Gasteiger partial charge on any atom is 0.289 e. The van der Waals surface area contributed by atoms with Gasteiger partial charge in [0.15, 0.2) is 4.90 Å². The van der Waals surface area contributed by atoms with Gasteiger partial charge in [-0.3, -0.25) is 10.1 Å². The van der Waals surface area contributed by atoms with E-state index >= 15 is 0 Å². The highest BCUT2D eigenvalue weighted by atomic mass is 79.9. The molecule has 0 saturated carbocycles. The van der Waals surface area contributed by atoms with Crippen LogP contribution in [0, 0.1) is 15.5 Å². The van der Waals surface area contributed by atoms with E-state index in [2.05, 4.69) is 20.7 Å². The first-order valence-corrected chi connectivity index (χ1v) is 8.03. The third kappa shape index (κ3) is 3.17. The molecule has 20 heavy (non-hydrogen) atoms. The lowest BCUT2D eigenvalue weighted by Crippen LogP contribution is -2.48. The number of nitro benzene ring substituents is 1. The number of ether oxygens (including phenoxy) is 1. The number of halogens is 1. The van der Waals surface area contributed by atoms with E-state index in [1.807, 2.05) is 6.92 Å². The number of nitro groups is 1. The average molecular weight is 365 g/mol. The third-order valence-corrected chi connectivity index (χ3v) is 4.92. The van der Waals surface area contributed by atoms with E-state index in [0.717, 1.165) is 6.07 Å². The maximum absolute atomic E-state index is 12.2. The normalized spacial score (nSPS) is 17.5. The standard InChI is InChI=1S/C11H13BrN2O5S/c1-11(6-19-7-11)5-13-20(17,18)10-4-8(12)2-3-9(10)14(15)16/h2-4,13H,5-7H2,1H3. The molecule has 1 heterocycles. The van der Waals surface area contributed by atoms with Gasteiger partial charge in [-0.2, -0.15) is 0 Å². The summed E-state index contributed by atoms with van der Waals surface area (Å²) in [5.41, 5.74) is -0.705. The summed E-state index contributed by atoms with van der Waals surface area (Å²) in [5, 5.41) is 10.9. The Hall–Kier alpha value is -1.03. The minimum absolute atomic E-state index is 0.180. The Bertz CT molecular complexity index is 642. The fourth-order valence-corrected chi connectivity index (χ4v) is 3.66. The van der Waals surface area contributed by atoms with Gasteiger partial charge in [0.05, 0.1) is 18.1 Å². The second-order valence-electron chi connectivity index (χ2n) is 5.00. The van der Waals surface area contributed by atoms with Gasteiger partial charge in [0.1, 0.15) is 0 Å². The Morgan fingerprint density at radius 3 is 2.65 bits per heavy atom. The van der Waals surface area contributed by atoms with Crippen LogP contribution in [-0.4, -0.2) is 33.1 Å². The average Bonchev–Trinajstić information content (AvgIpc) is 2.33. The van der Waals surface area contributed by atoms with Crippen LogP contribution in [0.1, 0.15) is 6.92 Å². The lowest BCUT2D eigenvalue weighted by Gasteiger charge is -2.37. The first-order valence-electron chi connectivity index (χ1n) is 5.75. The molecule has 0 amide bonds. The largest absolute Gasteiger partial charge is 0.380 e. The second-order valence-corrected chi connectivity index (χ2v) is 7.65. The lowest BCUT2D eigenvalue weighted by molar-refractivity contribution is -0.387. The molecule has 0 spiro atoms. The summed E-state index contributed by atoms with van der Waals surface area (Å²) < 4.78 is 32.3. The maximum atomic E-state index is 12.2. The van der Waals surface area contributed by atoms with Crippen LogP contribution in [0.15, 0.2) is 27.6 Å². The van der Waals surface area contributed by atoms with Crippen molar-refractivity contribution >= 4 is 31.6 Å². The van der Waals surface area contributed by atoms with Crippen molar-refractivity contribution in [2.75, 3.05) is 19.8 Å². The van der Waals surface area contributed by atoms with Crippen LogP contribution >= 0.6 is 15.9 Å². The number of hydrogen-bond acceptors (Lipinski definition) is 5. The molecule has 1 aliphatic rings. The van der Waals surface area contributed by atoms with Crippen LogP contribution in [0.5, 0.6) is 0 Å². The van der Waals surface area contributed by atoms with Gasteiger partial charge in [0.25, 0.3) is 5.69 Å². The summed E-state index contributed by atoms with van der Waals surface area (Å²) in [6.45, 7) is 3.00.